The third-order valence-electron chi connectivity index (χ3n) is 3.44. The zero-order chi connectivity index (χ0) is 13.1. The number of nitrogens with zero attached hydrogens (tertiary/aromatic N) is 1. The standard InChI is InChI=1S/C14H17Cl2NO/c1-2-14(18)17(10-5-3-4-6-10)11-7-8-12(15)13(16)9-11/h7-10H,2-6H2,1H3. The Balaban J connectivity index is 2.32. The van der Waals surface area contributed by atoms with E-state index in [1.807, 2.05) is 17.9 Å². The third kappa shape index (κ3) is 2.81. The highest BCUT2D eigenvalue weighted by atomic mass is 35.5. The van der Waals surface area contributed by atoms with Gasteiger partial charge in [-0.1, -0.05) is 43.0 Å². The minimum atomic E-state index is 0.153. The quantitative estimate of drug-likeness (QED) is 0.790. The first-order chi connectivity index (χ1) is 8.63. The Morgan fingerprint density at radius 2 is 1.94 bits per heavy atom. The lowest BCUT2D eigenvalue weighted by Crippen LogP contribution is -2.38. The molecule has 1 aromatic rings. The van der Waals surface area contributed by atoms with Crippen LogP contribution in [0.5, 0.6) is 0 Å². The Kier molecular flexibility index (Phi) is 4.52. The van der Waals surface area contributed by atoms with Crippen molar-refractivity contribution >= 4 is 34.8 Å². The van der Waals surface area contributed by atoms with E-state index in [0.717, 1.165) is 18.5 Å². The van der Waals surface area contributed by atoms with Gasteiger partial charge in [0.2, 0.25) is 5.91 Å². The Labute approximate surface area is 118 Å². The van der Waals surface area contributed by atoms with Crippen LogP contribution in [0.15, 0.2) is 18.2 Å². The number of hydrogen-bond donors (Lipinski definition) is 0. The van der Waals surface area contributed by atoms with Crippen molar-refractivity contribution in [3.63, 3.8) is 0 Å². The predicted octanol–water partition coefficient (Wildman–Crippen LogP) is 4.68. The van der Waals surface area contributed by atoms with Crippen LogP contribution in [-0.2, 0) is 4.79 Å². The summed E-state index contributed by atoms with van der Waals surface area (Å²) >= 11 is 12.0. The van der Waals surface area contributed by atoms with E-state index in [0.29, 0.717) is 22.5 Å². The second-order valence-corrected chi connectivity index (χ2v) is 5.47. The van der Waals surface area contributed by atoms with Crippen LogP contribution in [0.2, 0.25) is 10.0 Å². The van der Waals surface area contributed by atoms with E-state index in [9.17, 15) is 4.79 Å². The molecule has 0 aromatic heterocycles. The number of halogens is 2. The Morgan fingerprint density at radius 1 is 1.28 bits per heavy atom. The van der Waals surface area contributed by atoms with E-state index in [1.54, 1.807) is 12.1 Å². The Hall–Kier alpha value is -0.730. The highest BCUT2D eigenvalue weighted by molar-refractivity contribution is 6.42. The molecule has 0 aliphatic heterocycles. The van der Waals surface area contributed by atoms with Gasteiger partial charge in [0.15, 0.2) is 0 Å². The molecule has 1 amide bonds. The van der Waals surface area contributed by atoms with Gasteiger partial charge in [-0.05, 0) is 31.0 Å². The fourth-order valence-electron chi connectivity index (χ4n) is 2.53. The lowest BCUT2D eigenvalue weighted by molar-refractivity contribution is -0.118. The fraction of sp³-hybridized carbons (Fsp3) is 0.500. The summed E-state index contributed by atoms with van der Waals surface area (Å²) in [6, 6.07) is 5.73. The summed E-state index contributed by atoms with van der Waals surface area (Å²) in [6.45, 7) is 1.89. The van der Waals surface area contributed by atoms with Crippen molar-refractivity contribution in [3.8, 4) is 0 Å². The first-order valence-electron chi connectivity index (χ1n) is 6.40. The van der Waals surface area contributed by atoms with E-state index in [-0.39, 0.29) is 5.91 Å². The summed E-state index contributed by atoms with van der Waals surface area (Å²) in [6.07, 6.45) is 5.05. The van der Waals surface area contributed by atoms with Gasteiger partial charge in [-0.2, -0.15) is 0 Å². The maximum Gasteiger partial charge on any atom is 0.226 e. The lowest BCUT2D eigenvalue weighted by Gasteiger charge is -2.29. The highest BCUT2D eigenvalue weighted by Crippen LogP contribution is 2.32. The number of amides is 1. The molecular formula is C14H17Cl2NO. The normalized spacial score (nSPS) is 15.9. The zero-order valence-corrected chi connectivity index (χ0v) is 12.0. The van der Waals surface area contributed by atoms with Gasteiger partial charge in [0, 0.05) is 18.2 Å². The summed E-state index contributed by atoms with van der Waals surface area (Å²) in [5, 5.41) is 1.02. The van der Waals surface area contributed by atoms with Crippen LogP contribution >= 0.6 is 23.2 Å². The average Bonchev–Trinajstić information content (AvgIpc) is 2.87. The SMILES string of the molecule is CCC(=O)N(c1ccc(Cl)c(Cl)c1)C1CCCC1. The predicted molar refractivity (Wildman–Crippen MR) is 76.5 cm³/mol. The Bertz CT molecular complexity index is 441. The van der Waals surface area contributed by atoms with Crippen molar-refractivity contribution in [3.05, 3.63) is 28.2 Å². The van der Waals surface area contributed by atoms with Crippen LogP contribution in [0, 0.1) is 0 Å². The van der Waals surface area contributed by atoms with Crippen molar-refractivity contribution in [2.24, 2.45) is 0 Å². The summed E-state index contributed by atoms with van der Waals surface area (Å²) in [4.78, 5) is 14.0. The third-order valence-corrected chi connectivity index (χ3v) is 4.18. The number of carbonyl (C=O) groups is 1. The van der Waals surface area contributed by atoms with Crippen LogP contribution in [0.25, 0.3) is 0 Å². The molecule has 0 spiro atoms. The van der Waals surface area contributed by atoms with Gasteiger partial charge in [-0.15, -0.1) is 0 Å². The van der Waals surface area contributed by atoms with Crippen molar-refractivity contribution in [1.82, 2.24) is 0 Å². The van der Waals surface area contributed by atoms with Gasteiger partial charge in [-0.25, -0.2) is 0 Å². The topological polar surface area (TPSA) is 20.3 Å². The van der Waals surface area contributed by atoms with Gasteiger partial charge in [0.25, 0.3) is 0 Å². The van der Waals surface area contributed by atoms with E-state index in [4.69, 9.17) is 23.2 Å². The van der Waals surface area contributed by atoms with Crippen molar-refractivity contribution in [2.45, 2.75) is 45.1 Å². The molecule has 0 heterocycles. The molecule has 2 nitrogen and oxygen atoms in total. The van der Waals surface area contributed by atoms with Crippen LogP contribution in [-0.4, -0.2) is 11.9 Å². The molecule has 0 radical (unpaired) electrons. The fourth-order valence-corrected chi connectivity index (χ4v) is 2.82. The molecule has 98 valence electrons. The molecule has 0 bridgehead atoms. The first-order valence-corrected chi connectivity index (χ1v) is 7.16. The number of benzene rings is 1. The van der Waals surface area contributed by atoms with E-state index < -0.39 is 0 Å². The number of hydrogen-bond acceptors (Lipinski definition) is 1. The van der Waals surface area contributed by atoms with Gasteiger partial charge in [-0.3, -0.25) is 4.79 Å². The minimum absolute atomic E-state index is 0.153. The molecule has 0 saturated heterocycles. The maximum atomic E-state index is 12.1. The van der Waals surface area contributed by atoms with Gasteiger partial charge < -0.3 is 4.90 Å². The molecular weight excluding hydrogens is 269 g/mol. The monoisotopic (exact) mass is 285 g/mol. The largest absolute Gasteiger partial charge is 0.309 e. The number of rotatable bonds is 3. The van der Waals surface area contributed by atoms with Crippen LogP contribution in [0.4, 0.5) is 5.69 Å². The molecule has 0 unspecified atom stereocenters. The average molecular weight is 286 g/mol. The lowest BCUT2D eigenvalue weighted by atomic mass is 10.1. The summed E-state index contributed by atoms with van der Waals surface area (Å²) < 4.78 is 0. The zero-order valence-electron chi connectivity index (χ0n) is 10.5. The molecule has 0 N–H and O–H groups in total. The summed E-state index contributed by atoms with van der Waals surface area (Å²) in [5.41, 5.74) is 0.864. The van der Waals surface area contributed by atoms with Crippen molar-refractivity contribution in [2.75, 3.05) is 4.90 Å². The molecule has 1 aliphatic carbocycles. The number of carbonyl (C=O) groups excluding carboxylic acids is 1. The molecule has 4 heteroatoms. The van der Waals surface area contributed by atoms with E-state index >= 15 is 0 Å². The summed E-state index contributed by atoms with van der Waals surface area (Å²) in [5.74, 6) is 0.153. The summed E-state index contributed by atoms with van der Waals surface area (Å²) in [7, 11) is 0. The molecule has 18 heavy (non-hydrogen) atoms. The van der Waals surface area contributed by atoms with E-state index in [2.05, 4.69) is 0 Å². The van der Waals surface area contributed by atoms with Crippen molar-refractivity contribution < 1.29 is 4.79 Å². The van der Waals surface area contributed by atoms with Gasteiger partial charge in [0.1, 0.15) is 0 Å². The van der Waals surface area contributed by atoms with Gasteiger partial charge >= 0.3 is 0 Å². The molecule has 1 aliphatic rings. The maximum absolute atomic E-state index is 12.1. The van der Waals surface area contributed by atoms with Crippen LogP contribution in [0.3, 0.4) is 0 Å². The molecule has 1 aromatic carbocycles. The molecule has 1 fully saturated rings. The number of anilines is 1. The van der Waals surface area contributed by atoms with E-state index in [1.165, 1.54) is 12.8 Å². The minimum Gasteiger partial charge on any atom is -0.309 e. The second-order valence-electron chi connectivity index (χ2n) is 4.65. The van der Waals surface area contributed by atoms with Gasteiger partial charge in [0.05, 0.1) is 10.0 Å². The van der Waals surface area contributed by atoms with Crippen LogP contribution < -0.4 is 4.90 Å². The highest BCUT2D eigenvalue weighted by Gasteiger charge is 2.27. The first kappa shape index (κ1) is 13.7. The Morgan fingerprint density at radius 3 is 2.50 bits per heavy atom. The van der Waals surface area contributed by atoms with Crippen molar-refractivity contribution in [1.29, 1.82) is 0 Å². The molecule has 0 atom stereocenters. The van der Waals surface area contributed by atoms with Crippen LogP contribution in [0.1, 0.15) is 39.0 Å². The molecule has 2 rings (SSSR count). The smallest absolute Gasteiger partial charge is 0.226 e. The molecule has 1 saturated carbocycles. The second kappa shape index (κ2) is 5.94.